The van der Waals surface area contributed by atoms with E-state index >= 15 is 0 Å². The van der Waals surface area contributed by atoms with Gasteiger partial charge in [0.1, 0.15) is 17.8 Å². The number of carbonyl (C=O) groups is 1. The highest BCUT2D eigenvalue weighted by Gasteiger charge is 2.38. The summed E-state index contributed by atoms with van der Waals surface area (Å²) in [5.41, 5.74) is -1.11. The second-order valence-corrected chi connectivity index (χ2v) is 8.73. The van der Waals surface area contributed by atoms with Gasteiger partial charge >= 0.3 is 6.18 Å². The number of benzene rings is 1. The first-order valence-corrected chi connectivity index (χ1v) is 11.3. The molecule has 12 heteroatoms. The van der Waals surface area contributed by atoms with Crippen LogP contribution in [0.25, 0.3) is 16.9 Å². The number of rotatable bonds is 6. The molecule has 2 N–H and O–H groups in total. The number of fused-ring (bicyclic) bond motifs is 1. The number of aliphatic hydroxyl groups is 1. The van der Waals surface area contributed by atoms with Crippen LogP contribution < -0.4 is 4.74 Å². The van der Waals surface area contributed by atoms with Crippen LogP contribution in [0.3, 0.4) is 0 Å². The zero-order valence-electron chi connectivity index (χ0n) is 18.8. The van der Waals surface area contributed by atoms with Gasteiger partial charge in [-0.1, -0.05) is 5.16 Å². The predicted octanol–water partition coefficient (Wildman–Crippen LogP) is 5.02. The smallest absolute Gasteiger partial charge is 0.437 e. The van der Waals surface area contributed by atoms with Crippen LogP contribution in [0.2, 0.25) is 0 Å². The van der Waals surface area contributed by atoms with Crippen molar-refractivity contribution in [3.63, 3.8) is 0 Å². The minimum Gasteiger partial charge on any atom is -0.507 e. The number of hydrogen-bond donors (Lipinski definition) is 2. The lowest BCUT2D eigenvalue weighted by atomic mass is 9.83. The molecule has 0 atom stereocenters. The molecule has 3 heterocycles. The summed E-state index contributed by atoms with van der Waals surface area (Å²) in [4.78, 5) is 20.9. The second kappa shape index (κ2) is 9.26. The van der Waals surface area contributed by atoms with Gasteiger partial charge in [0.15, 0.2) is 11.5 Å². The molecule has 0 spiro atoms. The number of alkyl halides is 3. The van der Waals surface area contributed by atoms with Crippen molar-refractivity contribution in [3.05, 3.63) is 54.3 Å². The zero-order chi connectivity index (χ0) is 25.4. The Labute approximate surface area is 202 Å². The Morgan fingerprint density at radius 1 is 1.19 bits per heavy atom. The van der Waals surface area contributed by atoms with E-state index in [4.69, 9.17) is 4.74 Å². The average molecular weight is 502 g/mol. The largest absolute Gasteiger partial charge is 0.507 e. The molecule has 1 aliphatic rings. The number of ether oxygens (including phenoxy) is 1. The van der Waals surface area contributed by atoms with Gasteiger partial charge in [0.05, 0.1) is 29.1 Å². The predicted molar refractivity (Wildman–Crippen MR) is 119 cm³/mol. The number of aromatic nitrogens is 4. The van der Waals surface area contributed by atoms with E-state index in [1.54, 1.807) is 0 Å². The molecule has 3 aromatic heterocycles. The number of imidazole rings is 1. The number of aromatic hydroxyl groups is 1. The highest BCUT2D eigenvalue weighted by molar-refractivity contribution is 5.98. The van der Waals surface area contributed by atoms with Gasteiger partial charge in [-0.2, -0.15) is 13.2 Å². The van der Waals surface area contributed by atoms with Crippen LogP contribution in [0.1, 0.15) is 48.2 Å². The monoisotopic (exact) mass is 502 g/mol. The quantitative estimate of drug-likeness (QED) is 0.352. The summed E-state index contributed by atoms with van der Waals surface area (Å²) in [5, 5.41) is 23.1. The number of nitrogens with zero attached hydrogens (tertiary/aromatic N) is 4. The molecule has 0 unspecified atom stereocenters. The molecule has 1 saturated carbocycles. The van der Waals surface area contributed by atoms with Crippen molar-refractivity contribution in [2.75, 3.05) is 0 Å². The number of carbonyl (C=O) groups excluding carboxylic acids is 1. The lowest BCUT2D eigenvalue weighted by Gasteiger charge is -2.24. The van der Waals surface area contributed by atoms with Crippen LogP contribution in [-0.4, -0.2) is 41.6 Å². The number of phenolic OH excluding ortho intramolecular Hbond substituents is 1. The van der Waals surface area contributed by atoms with E-state index in [2.05, 4.69) is 19.6 Å². The van der Waals surface area contributed by atoms with Crippen LogP contribution in [-0.2, 0) is 6.18 Å². The summed E-state index contributed by atoms with van der Waals surface area (Å²) in [6.07, 6.45) is 2.95. The third-order valence-electron chi connectivity index (χ3n) is 6.28. The fourth-order valence-electron chi connectivity index (χ4n) is 4.43. The number of ketones is 1. The molecule has 0 bridgehead atoms. The Balaban J connectivity index is 1.37. The summed E-state index contributed by atoms with van der Waals surface area (Å²) in [5.74, 6) is -0.156. The van der Waals surface area contributed by atoms with Gasteiger partial charge in [-0.15, -0.1) is 0 Å². The highest BCUT2D eigenvalue weighted by Crippen LogP contribution is 2.37. The van der Waals surface area contributed by atoms with Crippen molar-refractivity contribution in [3.8, 4) is 28.6 Å². The first kappa shape index (κ1) is 23.8. The Bertz CT molecular complexity index is 1410. The Morgan fingerprint density at radius 3 is 2.69 bits per heavy atom. The van der Waals surface area contributed by atoms with Crippen LogP contribution in [0.15, 0.2) is 47.6 Å². The second-order valence-electron chi connectivity index (χ2n) is 8.73. The highest BCUT2D eigenvalue weighted by atomic mass is 19.4. The number of Topliss-reactive ketones (excluding diaryl/α,β-unsaturated/α-hetero) is 1. The zero-order valence-corrected chi connectivity index (χ0v) is 18.8. The fraction of sp³-hybridized carbons (Fsp3) is 0.333. The molecule has 1 aliphatic carbocycles. The molecule has 188 valence electrons. The van der Waals surface area contributed by atoms with Crippen molar-refractivity contribution >= 4 is 11.4 Å². The van der Waals surface area contributed by atoms with Crippen LogP contribution >= 0.6 is 0 Å². The van der Waals surface area contributed by atoms with Gasteiger partial charge in [-0.25, -0.2) is 9.97 Å². The molecule has 1 fully saturated rings. The van der Waals surface area contributed by atoms with Gasteiger partial charge in [0.25, 0.3) is 5.88 Å². The van der Waals surface area contributed by atoms with Gasteiger partial charge < -0.3 is 19.5 Å². The van der Waals surface area contributed by atoms with Gasteiger partial charge in [0, 0.05) is 24.9 Å². The summed E-state index contributed by atoms with van der Waals surface area (Å²) < 4.78 is 51.4. The summed E-state index contributed by atoms with van der Waals surface area (Å²) >= 11 is 0. The fourth-order valence-corrected chi connectivity index (χ4v) is 4.43. The summed E-state index contributed by atoms with van der Waals surface area (Å²) in [7, 11) is 0. The van der Waals surface area contributed by atoms with E-state index in [-0.39, 0.29) is 64.1 Å². The van der Waals surface area contributed by atoms with E-state index in [1.165, 1.54) is 41.2 Å². The molecule has 0 aliphatic heterocycles. The number of phenols is 1. The number of halogens is 3. The van der Waals surface area contributed by atoms with E-state index in [9.17, 15) is 28.2 Å². The maximum absolute atomic E-state index is 13.3. The summed E-state index contributed by atoms with van der Waals surface area (Å²) in [6.45, 7) is 0. The lowest BCUT2D eigenvalue weighted by molar-refractivity contribution is -0.142. The third kappa shape index (κ3) is 4.63. The van der Waals surface area contributed by atoms with Crippen molar-refractivity contribution in [1.29, 1.82) is 0 Å². The molecule has 36 heavy (non-hydrogen) atoms. The normalized spacial score (nSPS) is 18.4. The maximum Gasteiger partial charge on any atom is 0.437 e. The van der Waals surface area contributed by atoms with Crippen molar-refractivity contribution in [2.45, 2.75) is 44.4 Å². The van der Waals surface area contributed by atoms with Crippen LogP contribution in [0, 0.1) is 5.92 Å². The molecule has 0 radical (unpaired) electrons. The number of hydrogen-bond acceptors (Lipinski definition) is 8. The van der Waals surface area contributed by atoms with Gasteiger partial charge in [-0.3, -0.25) is 9.20 Å². The van der Waals surface area contributed by atoms with Crippen molar-refractivity contribution < 1.29 is 37.4 Å². The Kier molecular flexibility index (Phi) is 6.12. The topological polar surface area (TPSA) is 123 Å². The first-order chi connectivity index (χ1) is 17.2. The van der Waals surface area contributed by atoms with Crippen LogP contribution in [0.5, 0.6) is 17.4 Å². The molecular weight excluding hydrogens is 481 g/mol. The molecule has 5 rings (SSSR count). The van der Waals surface area contributed by atoms with E-state index in [0.29, 0.717) is 12.8 Å². The standard InChI is InChI=1S/C24H21F3N4O5/c25-24(26,27)21-17(12-35-30-21)18-11-29-22-23(28-7-8-31(18)22)36-15-5-6-16(20(34)10-15)19(33)9-13-1-3-14(32)4-2-13/h5-8,10-14,32,34H,1-4,9H2/t13-,14-. The minimum absolute atomic E-state index is 0.0204. The minimum atomic E-state index is -4.71. The molecule has 9 nitrogen and oxygen atoms in total. The maximum atomic E-state index is 13.3. The van der Waals surface area contributed by atoms with Crippen molar-refractivity contribution in [2.24, 2.45) is 5.92 Å². The Hall–Kier alpha value is -3.93. The SMILES string of the molecule is O=C(C[C@H]1CC[C@H](O)CC1)c1ccc(Oc2nccn3c(-c4conc4C(F)(F)F)cnc23)cc1O. The lowest BCUT2D eigenvalue weighted by Crippen LogP contribution is -2.20. The van der Waals surface area contributed by atoms with Crippen LogP contribution in [0.4, 0.5) is 13.2 Å². The first-order valence-electron chi connectivity index (χ1n) is 11.3. The Morgan fingerprint density at radius 2 is 1.97 bits per heavy atom. The van der Waals surface area contributed by atoms with Gasteiger partial charge in [0.2, 0.25) is 5.65 Å². The third-order valence-corrected chi connectivity index (χ3v) is 6.28. The van der Waals surface area contributed by atoms with E-state index in [0.717, 1.165) is 19.1 Å². The van der Waals surface area contributed by atoms with Gasteiger partial charge in [-0.05, 0) is 43.7 Å². The number of aliphatic hydroxyl groups excluding tert-OH is 1. The van der Waals surface area contributed by atoms with E-state index in [1.807, 2.05) is 0 Å². The molecule has 4 aromatic rings. The summed E-state index contributed by atoms with van der Waals surface area (Å²) in [6, 6.07) is 4.22. The molecule has 0 saturated heterocycles. The molecule has 0 amide bonds. The van der Waals surface area contributed by atoms with E-state index < -0.39 is 11.9 Å². The molecular formula is C24H21F3N4O5. The average Bonchev–Trinajstić information content (AvgIpc) is 3.48. The molecule has 1 aromatic carbocycles. The van der Waals surface area contributed by atoms with Crippen molar-refractivity contribution in [1.82, 2.24) is 19.5 Å².